The van der Waals surface area contributed by atoms with Crippen molar-refractivity contribution in [3.05, 3.63) is 17.6 Å². The summed E-state index contributed by atoms with van der Waals surface area (Å²) in [6.45, 7) is 6.48. The Balaban J connectivity index is 1.82. The lowest BCUT2D eigenvalue weighted by molar-refractivity contribution is 0.409. The zero-order valence-corrected chi connectivity index (χ0v) is 12.6. The molecule has 1 aliphatic heterocycles. The summed E-state index contributed by atoms with van der Waals surface area (Å²) in [4.78, 5) is 12.1. The first kappa shape index (κ1) is 13.8. The van der Waals surface area contributed by atoms with E-state index < -0.39 is 0 Å². The number of unbranched alkanes of at least 4 members (excludes halogenated alkanes) is 1. The second-order valence-electron chi connectivity index (χ2n) is 6.04. The van der Waals surface area contributed by atoms with Crippen LogP contribution in [0.25, 0.3) is 0 Å². The van der Waals surface area contributed by atoms with Crippen LogP contribution in [0.4, 0.5) is 5.82 Å². The lowest BCUT2D eigenvalue weighted by atomic mass is 9.83. The number of rotatable bonds is 5. The summed E-state index contributed by atoms with van der Waals surface area (Å²) in [6, 6.07) is 2.25. The molecule has 0 aromatic carbocycles. The molecule has 0 atom stereocenters. The van der Waals surface area contributed by atoms with Crippen molar-refractivity contribution < 1.29 is 0 Å². The fourth-order valence-electron chi connectivity index (χ4n) is 2.92. The minimum atomic E-state index is 0.694. The Morgan fingerprint density at radius 2 is 2.05 bits per heavy atom. The number of piperazine rings is 1. The van der Waals surface area contributed by atoms with Gasteiger partial charge in [-0.25, -0.2) is 9.97 Å². The van der Waals surface area contributed by atoms with Gasteiger partial charge in [-0.1, -0.05) is 19.8 Å². The van der Waals surface area contributed by atoms with Gasteiger partial charge in [-0.15, -0.1) is 0 Å². The zero-order chi connectivity index (χ0) is 13.8. The van der Waals surface area contributed by atoms with Crippen LogP contribution in [0.3, 0.4) is 0 Å². The lowest BCUT2D eigenvalue weighted by Crippen LogP contribution is -2.44. The maximum Gasteiger partial charge on any atom is 0.132 e. The molecule has 0 amide bonds. The average Bonchev–Trinajstić information content (AvgIpc) is 2.44. The number of hydrogen-bond acceptors (Lipinski definition) is 4. The van der Waals surface area contributed by atoms with Gasteiger partial charge < -0.3 is 10.2 Å². The van der Waals surface area contributed by atoms with Gasteiger partial charge in [-0.2, -0.15) is 0 Å². The smallest absolute Gasteiger partial charge is 0.132 e. The van der Waals surface area contributed by atoms with Crippen molar-refractivity contribution in [3.63, 3.8) is 0 Å². The van der Waals surface area contributed by atoms with Gasteiger partial charge in [0.15, 0.2) is 0 Å². The molecule has 1 aromatic rings. The number of aryl methyl sites for hydroxylation is 1. The van der Waals surface area contributed by atoms with Crippen molar-refractivity contribution in [2.45, 2.75) is 51.4 Å². The van der Waals surface area contributed by atoms with Crippen LogP contribution in [0.15, 0.2) is 6.07 Å². The molecule has 0 radical (unpaired) electrons. The molecule has 1 saturated carbocycles. The van der Waals surface area contributed by atoms with Gasteiger partial charge in [0.1, 0.15) is 11.6 Å². The first-order valence-corrected chi connectivity index (χ1v) is 8.20. The van der Waals surface area contributed by atoms with Gasteiger partial charge >= 0.3 is 0 Å². The third-order valence-corrected chi connectivity index (χ3v) is 4.50. The van der Waals surface area contributed by atoms with Crippen LogP contribution in [-0.4, -0.2) is 36.1 Å². The lowest BCUT2D eigenvalue weighted by Gasteiger charge is -2.30. The van der Waals surface area contributed by atoms with Gasteiger partial charge in [-0.3, -0.25) is 0 Å². The number of hydrogen-bond donors (Lipinski definition) is 1. The molecule has 20 heavy (non-hydrogen) atoms. The molecule has 4 nitrogen and oxygen atoms in total. The molecule has 2 heterocycles. The van der Waals surface area contributed by atoms with E-state index in [1.54, 1.807) is 0 Å². The first-order chi connectivity index (χ1) is 9.86. The molecule has 3 rings (SSSR count). The topological polar surface area (TPSA) is 41.1 Å². The van der Waals surface area contributed by atoms with Crippen LogP contribution >= 0.6 is 0 Å². The van der Waals surface area contributed by atoms with E-state index in [0.717, 1.165) is 44.2 Å². The van der Waals surface area contributed by atoms with Gasteiger partial charge in [0, 0.05) is 50.3 Å². The molecule has 1 aromatic heterocycles. The highest BCUT2D eigenvalue weighted by Crippen LogP contribution is 2.36. The van der Waals surface area contributed by atoms with E-state index in [1.807, 2.05) is 0 Å². The molecule has 0 unspecified atom stereocenters. The Labute approximate surface area is 122 Å². The van der Waals surface area contributed by atoms with Crippen molar-refractivity contribution in [2.24, 2.45) is 0 Å². The molecule has 1 N–H and O–H groups in total. The van der Waals surface area contributed by atoms with E-state index in [0.29, 0.717) is 5.92 Å². The Bertz CT molecular complexity index is 436. The first-order valence-electron chi connectivity index (χ1n) is 8.20. The second-order valence-corrected chi connectivity index (χ2v) is 6.04. The van der Waals surface area contributed by atoms with Crippen molar-refractivity contribution in [3.8, 4) is 0 Å². The van der Waals surface area contributed by atoms with Crippen LogP contribution < -0.4 is 10.2 Å². The van der Waals surface area contributed by atoms with Crippen LogP contribution in [0.5, 0.6) is 0 Å². The van der Waals surface area contributed by atoms with E-state index in [4.69, 9.17) is 9.97 Å². The van der Waals surface area contributed by atoms with Crippen LogP contribution in [0, 0.1) is 0 Å². The summed E-state index contributed by atoms with van der Waals surface area (Å²) in [6.07, 6.45) is 7.41. The monoisotopic (exact) mass is 274 g/mol. The Morgan fingerprint density at radius 1 is 1.25 bits per heavy atom. The maximum atomic E-state index is 4.83. The van der Waals surface area contributed by atoms with E-state index in [1.165, 1.54) is 37.8 Å². The molecule has 2 fully saturated rings. The molecule has 0 bridgehead atoms. The van der Waals surface area contributed by atoms with E-state index in [-0.39, 0.29) is 0 Å². The quantitative estimate of drug-likeness (QED) is 0.895. The molecule has 4 heteroatoms. The number of anilines is 1. The Kier molecular flexibility index (Phi) is 4.51. The SMILES string of the molecule is CCCCc1nc(C2CCC2)cc(N2CCNCC2)n1. The molecule has 1 aliphatic carbocycles. The average molecular weight is 274 g/mol. The highest BCUT2D eigenvalue weighted by Gasteiger charge is 2.23. The second kappa shape index (κ2) is 6.53. The maximum absolute atomic E-state index is 4.83. The minimum absolute atomic E-state index is 0.694. The van der Waals surface area contributed by atoms with E-state index in [2.05, 4.69) is 23.2 Å². The third kappa shape index (κ3) is 3.11. The number of nitrogens with zero attached hydrogens (tertiary/aromatic N) is 3. The van der Waals surface area contributed by atoms with Gasteiger partial charge in [0.25, 0.3) is 0 Å². The predicted octanol–water partition coefficient (Wildman–Crippen LogP) is 2.50. The summed E-state index contributed by atoms with van der Waals surface area (Å²) in [5.74, 6) is 2.92. The third-order valence-electron chi connectivity index (χ3n) is 4.50. The predicted molar refractivity (Wildman–Crippen MR) is 82.3 cm³/mol. The molecule has 2 aliphatic rings. The van der Waals surface area contributed by atoms with Crippen molar-refractivity contribution in [1.82, 2.24) is 15.3 Å². The van der Waals surface area contributed by atoms with Gasteiger partial charge in [0.05, 0.1) is 0 Å². The summed E-state index contributed by atoms with van der Waals surface area (Å²) >= 11 is 0. The van der Waals surface area contributed by atoms with Crippen LogP contribution in [0.2, 0.25) is 0 Å². The molecular formula is C16H26N4. The van der Waals surface area contributed by atoms with E-state index >= 15 is 0 Å². The zero-order valence-electron chi connectivity index (χ0n) is 12.6. The fraction of sp³-hybridized carbons (Fsp3) is 0.750. The Hall–Kier alpha value is -1.16. The summed E-state index contributed by atoms with van der Waals surface area (Å²) in [5.41, 5.74) is 1.30. The fourth-order valence-corrected chi connectivity index (χ4v) is 2.92. The molecule has 0 spiro atoms. The van der Waals surface area contributed by atoms with E-state index in [9.17, 15) is 0 Å². The summed E-state index contributed by atoms with van der Waals surface area (Å²) in [5, 5.41) is 3.41. The van der Waals surface area contributed by atoms with Gasteiger partial charge in [-0.05, 0) is 19.3 Å². The van der Waals surface area contributed by atoms with Gasteiger partial charge in [0.2, 0.25) is 0 Å². The normalized spacial score (nSPS) is 19.9. The van der Waals surface area contributed by atoms with Crippen molar-refractivity contribution in [1.29, 1.82) is 0 Å². The number of aromatic nitrogens is 2. The van der Waals surface area contributed by atoms with Crippen LogP contribution in [0.1, 0.15) is 56.5 Å². The summed E-state index contributed by atoms with van der Waals surface area (Å²) < 4.78 is 0. The Morgan fingerprint density at radius 3 is 2.70 bits per heavy atom. The standard InChI is InChI=1S/C16H26N4/c1-2-3-7-15-18-14(13-5-4-6-13)12-16(19-15)20-10-8-17-9-11-20/h12-13,17H,2-11H2,1H3. The van der Waals surface area contributed by atoms with Crippen molar-refractivity contribution in [2.75, 3.05) is 31.1 Å². The molecular weight excluding hydrogens is 248 g/mol. The largest absolute Gasteiger partial charge is 0.354 e. The minimum Gasteiger partial charge on any atom is -0.354 e. The van der Waals surface area contributed by atoms with Crippen LogP contribution in [-0.2, 0) is 6.42 Å². The highest BCUT2D eigenvalue weighted by molar-refractivity contribution is 5.41. The molecule has 1 saturated heterocycles. The highest BCUT2D eigenvalue weighted by atomic mass is 15.2. The molecule has 110 valence electrons. The number of nitrogens with one attached hydrogen (secondary N) is 1. The van der Waals surface area contributed by atoms with Crippen molar-refractivity contribution >= 4 is 5.82 Å². The summed E-state index contributed by atoms with van der Waals surface area (Å²) in [7, 11) is 0.